The van der Waals surface area contributed by atoms with Gasteiger partial charge in [-0.15, -0.1) is 0 Å². The standard InChI is InChI=1S/C15H20N2O2S/c1-17(20(18,19)12-14-7-8-14)11-15-5-2-4-13(10-15)6-3-9-16/h2,4-5,10,14H,7-9,11-12,16H2,1H3. The normalized spacial score (nSPS) is 14.9. The second-order valence-corrected chi connectivity index (χ2v) is 7.30. The Hall–Kier alpha value is -1.35. The molecule has 0 spiro atoms. The van der Waals surface area contributed by atoms with Crippen molar-refractivity contribution in [1.82, 2.24) is 4.31 Å². The second kappa shape index (κ2) is 6.40. The highest BCUT2D eigenvalue weighted by Gasteiger charge is 2.30. The van der Waals surface area contributed by atoms with Gasteiger partial charge >= 0.3 is 0 Å². The molecular formula is C15H20N2O2S. The Balaban J connectivity index is 2.05. The molecule has 1 saturated carbocycles. The van der Waals surface area contributed by atoms with Crippen molar-refractivity contribution in [2.75, 3.05) is 19.3 Å². The molecule has 20 heavy (non-hydrogen) atoms. The molecule has 1 aliphatic rings. The molecule has 108 valence electrons. The number of benzene rings is 1. The van der Waals surface area contributed by atoms with Gasteiger partial charge in [0.25, 0.3) is 0 Å². The summed E-state index contributed by atoms with van der Waals surface area (Å²) in [7, 11) is -1.51. The van der Waals surface area contributed by atoms with E-state index in [1.54, 1.807) is 7.05 Å². The third-order valence-electron chi connectivity index (χ3n) is 3.29. The molecule has 0 radical (unpaired) electrons. The zero-order valence-electron chi connectivity index (χ0n) is 11.7. The Labute approximate surface area is 121 Å². The van der Waals surface area contributed by atoms with Crippen LogP contribution in [0.25, 0.3) is 0 Å². The van der Waals surface area contributed by atoms with Crippen LogP contribution in [0.15, 0.2) is 24.3 Å². The Morgan fingerprint density at radius 2 is 2.15 bits per heavy atom. The lowest BCUT2D eigenvalue weighted by Gasteiger charge is -2.17. The van der Waals surface area contributed by atoms with Crippen LogP contribution >= 0.6 is 0 Å². The van der Waals surface area contributed by atoms with E-state index in [-0.39, 0.29) is 5.75 Å². The second-order valence-electron chi connectivity index (χ2n) is 5.18. The third kappa shape index (κ3) is 4.34. The van der Waals surface area contributed by atoms with Crippen molar-refractivity contribution in [2.24, 2.45) is 11.7 Å². The highest BCUT2D eigenvalue weighted by atomic mass is 32.2. The lowest BCUT2D eigenvalue weighted by molar-refractivity contribution is 0.464. The monoisotopic (exact) mass is 292 g/mol. The first-order chi connectivity index (χ1) is 9.51. The maximum absolute atomic E-state index is 12.1. The summed E-state index contributed by atoms with van der Waals surface area (Å²) >= 11 is 0. The molecular weight excluding hydrogens is 272 g/mol. The minimum atomic E-state index is -3.15. The molecule has 0 unspecified atom stereocenters. The molecule has 0 aliphatic heterocycles. The fraction of sp³-hybridized carbons (Fsp3) is 0.467. The average Bonchev–Trinajstić information content (AvgIpc) is 3.20. The Bertz CT molecular complexity index is 625. The van der Waals surface area contributed by atoms with Gasteiger partial charge < -0.3 is 5.73 Å². The summed E-state index contributed by atoms with van der Waals surface area (Å²) in [4.78, 5) is 0. The predicted molar refractivity (Wildman–Crippen MR) is 80.4 cm³/mol. The Morgan fingerprint density at radius 1 is 1.40 bits per heavy atom. The number of hydrogen-bond acceptors (Lipinski definition) is 3. The lowest BCUT2D eigenvalue weighted by atomic mass is 10.1. The van der Waals surface area contributed by atoms with Gasteiger partial charge in [-0.2, -0.15) is 0 Å². The van der Waals surface area contributed by atoms with Crippen molar-refractivity contribution >= 4 is 10.0 Å². The van der Waals surface area contributed by atoms with Gasteiger partial charge in [-0.05, 0) is 36.5 Å². The first-order valence-corrected chi connectivity index (χ1v) is 8.34. The number of nitrogens with zero attached hydrogens (tertiary/aromatic N) is 1. The number of sulfonamides is 1. The molecule has 1 fully saturated rings. The molecule has 2 N–H and O–H groups in total. The van der Waals surface area contributed by atoms with Gasteiger partial charge in [0.05, 0.1) is 12.3 Å². The van der Waals surface area contributed by atoms with E-state index >= 15 is 0 Å². The van der Waals surface area contributed by atoms with Gasteiger partial charge in [-0.3, -0.25) is 0 Å². The smallest absolute Gasteiger partial charge is 0.214 e. The highest BCUT2D eigenvalue weighted by molar-refractivity contribution is 7.89. The molecule has 1 aromatic rings. The number of hydrogen-bond donors (Lipinski definition) is 1. The van der Waals surface area contributed by atoms with Gasteiger partial charge in [0.1, 0.15) is 0 Å². The molecule has 0 heterocycles. The van der Waals surface area contributed by atoms with E-state index in [4.69, 9.17) is 5.73 Å². The molecule has 1 aromatic carbocycles. The zero-order valence-corrected chi connectivity index (χ0v) is 12.5. The maximum Gasteiger partial charge on any atom is 0.214 e. The van der Waals surface area contributed by atoms with E-state index in [1.807, 2.05) is 24.3 Å². The molecule has 5 heteroatoms. The van der Waals surface area contributed by atoms with Crippen LogP contribution in [0.5, 0.6) is 0 Å². The summed E-state index contributed by atoms with van der Waals surface area (Å²) in [5, 5.41) is 0. The van der Waals surface area contributed by atoms with Crippen LogP contribution < -0.4 is 5.73 Å². The Kier molecular flexibility index (Phi) is 4.81. The molecule has 0 aromatic heterocycles. The van der Waals surface area contributed by atoms with Crippen LogP contribution in [0.1, 0.15) is 24.0 Å². The van der Waals surface area contributed by atoms with Crippen molar-refractivity contribution in [2.45, 2.75) is 19.4 Å². The van der Waals surface area contributed by atoms with Crippen molar-refractivity contribution in [3.05, 3.63) is 35.4 Å². The van der Waals surface area contributed by atoms with Crippen LogP contribution in [-0.4, -0.2) is 32.1 Å². The number of rotatable bonds is 5. The fourth-order valence-electron chi connectivity index (χ4n) is 1.97. The third-order valence-corrected chi connectivity index (χ3v) is 5.26. The van der Waals surface area contributed by atoms with Gasteiger partial charge in [-0.25, -0.2) is 12.7 Å². The van der Waals surface area contributed by atoms with E-state index in [9.17, 15) is 8.42 Å². The zero-order chi connectivity index (χ0) is 14.6. The van der Waals surface area contributed by atoms with E-state index in [0.717, 1.165) is 24.0 Å². The van der Waals surface area contributed by atoms with E-state index in [2.05, 4.69) is 11.8 Å². The van der Waals surface area contributed by atoms with Crippen molar-refractivity contribution in [3.8, 4) is 11.8 Å². The minimum Gasteiger partial charge on any atom is -0.320 e. The van der Waals surface area contributed by atoms with Crippen LogP contribution in [0.2, 0.25) is 0 Å². The van der Waals surface area contributed by atoms with Crippen molar-refractivity contribution < 1.29 is 8.42 Å². The molecule has 4 nitrogen and oxygen atoms in total. The SMILES string of the molecule is CN(Cc1cccc(C#CCN)c1)S(=O)(=O)CC1CC1. The Morgan fingerprint density at radius 3 is 2.80 bits per heavy atom. The van der Waals surface area contributed by atoms with E-state index < -0.39 is 10.0 Å². The van der Waals surface area contributed by atoms with Gasteiger partial charge in [-0.1, -0.05) is 24.0 Å². The first kappa shape index (κ1) is 15.0. The predicted octanol–water partition coefficient (Wildman–Crippen LogP) is 1.17. The number of nitrogens with two attached hydrogens (primary N) is 1. The van der Waals surface area contributed by atoms with Gasteiger partial charge in [0, 0.05) is 19.2 Å². The highest BCUT2D eigenvalue weighted by Crippen LogP contribution is 2.31. The largest absolute Gasteiger partial charge is 0.320 e. The summed E-state index contributed by atoms with van der Waals surface area (Å²) in [6.07, 6.45) is 2.08. The minimum absolute atomic E-state index is 0.274. The molecule has 0 bridgehead atoms. The molecule has 1 aliphatic carbocycles. The van der Waals surface area contributed by atoms with Crippen LogP contribution in [0, 0.1) is 17.8 Å². The van der Waals surface area contributed by atoms with E-state index in [0.29, 0.717) is 19.0 Å². The van der Waals surface area contributed by atoms with Crippen LogP contribution in [-0.2, 0) is 16.6 Å². The van der Waals surface area contributed by atoms with Crippen LogP contribution in [0.4, 0.5) is 0 Å². The molecule has 0 saturated heterocycles. The molecule has 2 rings (SSSR count). The summed E-state index contributed by atoms with van der Waals surface area (Å²) in [5.41, 5.74) is 7.15. The summed E-state index contributed by atoms with van der Waals surface area (Å²) in [5.74, 6) is 6.39. The quantitative estimate of drug-likeness (QED) is 0.829. The fourth-order valence-corrected chi connectivity index (χ4v) is 3.49. The van der Waals surface area contributed by atoms with Gasteiger partial charge in [0.2, 0.25) is 10.0 Å². The van der Waals surface area contributed by atoms with Crippen molar-refractivity contribution in [3.63, 3.8) is 0 Å². The molecule has 0 amide bonds. The van der Waals surface area contributed by atoms with E-state index in [1.165, 1.54) is 4.31 Å². The van der Waals surface area contributed by atoms with Crippen molar-refractivity contribution in [1.29, 1.82) is 0 Å². The lowest BCUT2D eigenvalue weighted by Crippen LogP contribution is -2.29. The van der Waals surface area contributed by atoms with Gasteiger partial charge in [0.15, 0.2) is 0 Å². The topological polar surface area (TPSA) is 63.4 Å². The van der Waals surface area contributed by atoms with Crippen LogP contribution in [0.3, 0.4) is 0 Å². The average molecular weight is 292 g/mol. The maximum atomic E-state index is 12.1. The molecule has 0 atom stereocenters. The summed E-state index contributed by atoms with van der Waals surface area (Å²) < 4.78 is 25.7. The first-order valence-electron chi connectivity index (χ1n) is 6.73. The summed E-state index contributed by atoms with van der Waals surface area (Å²) in [6.45, 7) is 0.701. The summed E-state index contributed by atoms with van der Waals surface area (Å²) in [6, 6.07) is 7.60.